The fourth-order valence-corrected chi connectivity index (χ4v) is 1.40. The monoisotopic (exact) mass is 202 g/mol. The first kappa shape index (κ1) is 9.39. The van der Waals surface area contributed by atoms with Crippen LogP contribution >= 0.6 is 0 Å². The molecule has 0 unspecified atom stereocenters. The van der Waals surface area contributed by atoms with Gasteiger partial charge >= 0.3 is 0 Å². The molecule has 0 aliphatic rings. The van der Waals surface area contributed by atoms with E-state index in [9.17, 15) is 4.79 Å². The van der Waals surface area contributed by atoms with Crippen molar-refractivity contribution in [3.63, 3.8) is 0 Å². The van der Waals surface area contributed by atoms with E-state index in [1.165, 1.54) is 0 Å². The summed E-state index contributed by atoms with van der Waals surface area (Å²) >= 11 is 0. The molecule has 2 aromatic rings. The summed E-state index contributed by atoms with van der Waals surface area (Å²) in [6.07, 6.45) is 0. The Balaban J connectivity index is 2.54. The number of amides is 1. The van der Waals surface area contributed by atoms with Crippen LogP contribution in [-0.2, 0) is 0 Å². The second-order valence-corrected chi connectivity index (χ2v) is 3.25. The first-order valence-electron chi connectivity index (χ1n) is 4.46. The molecular weight excluding hydrogens is 192 g/mol. The number of carbonyl (C=O) groups excluding carboxylic acids is 1. The Morgan fingerprint density at radius 3 is 2.87 bits per heavy atom. The maximum Gasteiger partial charge on any atom is 0.271 e. The highest BCUT2D eigenvalue weighted by Gasteiger charge is 2.14. The van der Waals surface area contributed by atoms with Crippen molar-refractivity contribution in [2.24, 2.45) is 5.73 Å². The Morgan fingerprint density at radius 2 is 2.20 bits per heavy atom. The maximum absolute atomic E-state index is 11.0. The fourth-order valence-electron chi connectivity index (χ4n) is 1.40. The van der Waals surface area contributed by atoms with Gasteiger partial charge in [-0.05, 0) is 13.0 Å². The summed E-state index contributed by atoms with van der Waals surface area (Å²) in [6.45, 7) is 1.97. The third-order valence-corrected chi connectivity index (χ3v) is 2.07. The SMILES string of the molecule is Cc1cccc(-c2n[nH]nc2C(N)=O)c1. The van der Waals surface area contributed by atoms with Gasteiger partial charge in [-0.15, -0.1) is 0 Å². The molecular formula is C10H10N4O. The van der Waals surface area contributed by atoms with Crippen molar-refractivity contribution in [3.05, 3.63) is 35.5 Å². The zero-order valence-electron chi connectivity index (χ0n) is 8.19. The molecule has 0 aliphatic heterocycles. The van der Waals surface area contributed by atoms with E-state index in [0.29, 0.717) is 5.69 Å². The maximum atomic E-state index is 11.0. The van der Waals surface area contributed by atoms with Gasteiger partial charge < -0.3 is 5.73 Å². The van der Waals surface area contributed by atoms with E-state index in [-0.39, 0.29) is 5.69 Å². The van der Waals surface area contributed by atoms with Gasteiger partial charge in [-0.3, -0.25) is 4.79 Å². The molecule has 1 heterocycles. The number of H-pyrrole nitrogens is 1. The number of aromatic amines is 1. The molecule has 76 valence electrons. The van der Waals surface area contributed by atoms with Gasteiger partial charge in [0.2, 0.25) is 0 Å². The topological polar surface area (TPSA) is 84.7 Å². The molecule has 0 aliphatic carbocycles. The van der Waals surface area contributed by atoms with E-state index in [4.69, 9.17) is 5.73 Å². The van der Waals surface area contributed by atoms with E-state index in [2.05, 4.69) is 15.4 Å². The van der Waals surface area contributed by atoms with Crippen LogP contribution in [-0.4, -0.2) is 21.3 Å². The predicted molar refractivity (Wildman–Crippen MR) is 55.1 cm³/mol. The lowest BCUT2D eigenvalue weighted by molar-refractivity contribution is 0.0996. The van der Waals surface area contributed by atoms with Crippen LogP contribution in [0.3, 0.4) is 0 Å². The van der Waals surface area contributed by atoms with Crippen molar-refractivity contribution in [3.8, 4) is 11.3 Å². The Morgan fingerprint density at radius 1 is 1.40 bits per heavy atom. The van der Waals surface area contributed by atoms with Crippen molar-refractivity contribution >= 4 is 5.91 Å². The van der Waals surface area contributed by atoms with Gasteiger partial charge in [-0.25, -0.2) is 0 Å². The molecule has 0 bridgehead atoms. The van der Waals surface area contributed by atoms with Crippen LogP contribution in [0.4, 0.5) is 0 Å². The summed E-state index contributed by atoms with van der Waals surface area (Å²) in [5.41, 5.74) is 7.75. The normalized spacial score (nSPS) is 10.2. The van der Waals surface area contributed by atoms with E-state index in [1.54, 1.807) is 0 Å². The van der Waals surface area contributed by atoms with Crippen LogP contribution in [0.25, 0.3) is 11.3 Å². The number of nitrogens with zero attached hydrogens (tertiary/aromatic N) is 2. The van der Waals surface area contributed by atoms with E-state index in [1.807, 2.05) is 31.2 Å². The van der Waals surface area contributed by atoms with Crippen LogP contribution in [0, 0.1) is 6.92 Å². The summed E-state index contributed by atoms with van der Waals surface area (Å²) in [5.74, 6) is -0.583. The summed E-state index contributed by atoms with van der Waals surface area (Å²) in [6, 6.07) is 7.64. The molecule has 1 aromatic heterocycles. The molecule has 2 rings (SSSR count). The summed E-state index contributed by atoms with van der Waals surface area (Å²) in [4.78, 5) is 11.0. The minimum atomic E-state index is -0.583. The van der Waals surface area contributed by atoms with E-state index >= 15 is 0 Å². The standard InChI is InChI=1S/C10H10N4O/c1-6-3-2-4-7(5-6)8-9(10(11)15)13-14-12-8/h2-5H,1H3,(H2,11,15)(H,12,13,14). The molecule has 0 spiro atoms. The van der Waals surface area contributed by atoms with Gasteiger partial charge in [-0.1, -0.05) is 23.8 Å². The number of benzene rings is 1. The lowest BCUT2D eigenvalue weighted by atomic mass is 10.1. The van der Waals surface area contributed by atoms with E-state index < -0.39 is 5.91 Å². The summed E-state index contributed by atoms with van der Waals surface area (Å²) in [7, 11) is 0. The van der Waals surface area contributed by atoms with Gasteiger partial charge in [0.05, 0.1) is 0 Å². The van der Waals surface area contributed by atoms with Gasteiger partial charge in [0.1, 0.15) is 5.69 Å². The van der Waals surface area contributed by atoms with Gasteiger partial charge in [-0.2, -0.15) is 15.4 Å². The number of primary amides is 1. The van der Waals surface area contributed by atoms with Gasteiger partial charge in [0, 0.05) is 5.56 Å². The van der Waals surface area contributed by atoms with Crippen LogP contribution in [0.15, 0.2) is 24.3 Å². The zero-order chi connectivity index (χ0) is 10.8. The number of nitrogens with one attached hydrogen (secondary N) is 1. The molecule has 15 heavy (non-hydrogen) atoms. The molecule has 3 N–H and O–H groups in total. The van der Waals surface area contributed by atoms with E-state index in [0.717, 1.165) is 11.1 Å². The average Bonchev–Trinajstić information content (AvgIpc) is 2.65. The molecule has 0 atom stereocenters. The van der Waals surface area contributed by atoms with Crippen molar-refractivity contribution < 1.29 is 4.79 Å². The third kappa shape index (κ3) is 1.71. The van der Waals surface area contributed by atoms with Crippen molar-refractivity contribution in [2.45, 2.75) is 6.92 Å². The summed E-state index contributed by atoms with van der Waals surface area (Å²) < 4.78 is 0. The molecule has 5 nitrogen and oxygen atoms in total. The highest BCUT2D eigenvalue weighted by molar-refractivity contribution is 5.96. The van der Waals surface area contributed by atoms with Gasteiger partial charge in [0.25, 0.3) is 5.91 Å². The van der Waals surface area contributed by atoms with Crippen molar-refractivity contribution in [1.29, 1.82) is 0 Å². The second-order valence-electron chi connectivity index (χ2n) is 3.25. The lowest BCUT2D eigenvalue weighted by Crippen LogP contribution is -2.12. The minimum Gasteiger partial charge on any atom is -0.364 e. The molecule has 0 fully saturated rings. The molecule has 0 saturated heterocycles. The number of carbonyl (C=O) groups is 1. The van der Waals surface area contributed by atoms with Crippen LogP contribution in [0.1, 0.15) is 16.1 Å². The first-order valence-corrected chi connectivity index (χ1v) is 4.46. The predicted octanol–water partition coefficient (Wildman–Crippen LogP) is 0.879. The fraction of sp³-hybridized carbons (Fsp3) is 0.100. The van der Waals surface area contributed by atoms with Crippen LogP contribution < -0.4 is 5.73 Å². The quantitative estimate of drug-likeness (QED) is 0.758. The number of hydrogen-bond acceptors (Lipinski definition) is 3. The molecule has 1 amide bonds. The first-order chi connectivity index (χ1) is 7.18. The zero-order valence-corrected chi connectivity index (χ0v) is 8.19. The largest absolute Gasteiger partial charge is 0.364 e. The third-order valence-electron chi connectivity index (χ3n) is 2.07. The minimum absolute atomic E-state index is 0.167. The Labute approximate surface area is 86.3 Å². The highest BCUT2D eigenvalue weighted by atomic mass is 16.1. The van der Waals surface area contributed by atoms with Gasteiger partial charge in [0.15, 0.2) is 5.69 Å². The Kier molecular flexibility index (Phi) is 2.21. The smallest absolute Gasteiger partial charge is 0.271 e. The molecule has 1 aromatic carbocycles. The number of nitrogens with two attached hydrogens (primary N) is 1. The lowest BCUT2D eigenvalue weighted by Gasteiger charge is -1.99. The number of rotatable bonds is 2. The highest BCUT2D eigenvalue weighted by Crippen LogP contribution is 2.19. The summed E-state index contributed by atoms with van der Waals surface area (Å²) in [5, 5.41) is 10.0. The van der Waals surface area contributed by atoms with Crippen molar-refractivity contribution in [1.82, 2.24) is 15.4 Å². The molecule has 0 radical (unpaired) electrons. The average molecular weight is 202 g/mol. The van der Waals surface area contributed by atoms with Crippen LogP contribution in [0.2, 0.25) is 0 Å². The number of aromatic nitrogens is 3. The van der Waals surface area contributed by atoms with Crippen molar-refractivity contribution in [2.75, 3.05) is 0 Å². The Hall–Kier alpha value is -2.17. The number of hydrogen-bond donors (Lipinski definition) is 2. The molecule has 0 saturated carbocycles. The number of aryl methyl sites for hydroxylation is 1. The Bertz CT molecular complexity index is 504. The second kappa shape index (κ2) is 3.53. The van der Waals surface area contributed by atoms with Crippen LogP contribution in [0.5, 0.6) is 0 Å². The molecule has 5 heteroatoms.